The van der Waals surface area contributed by atoms with Crippen LogP contribution in [0.15, 0.2) is 24.3 Å². The maximum Gasteiger partial charge on any atom is 0.166 e. The van der Waals surface area contributed by atoms with Crippen molar-refractivity contribution in [2.75, 3.05) is 0 Å². The first-order valence-corrected chi connectivity index (χ1v) is 5.73. The minimum Gasteiger partial charge on any atom is -0.227 e. The van der Waals surface area contributed by atoms with Crippen LogP contribution in [0.4, 0.5) is 0 Å². The van der Waals surface area contributed by atoms with E-state index in [1.807, 2.05) is 19.1 Å². The van der Waals surface area contributed by atoms with Crippen LogP contribution in [0.3, 0.4) is 0 Å². The van der Waals surface area contributed by atoms with Gasteiger partial charge < -0.3 is 0 Å². The molecule has 2 bridgehead atoms. The number of sulfone groups is 1. The first-order chi connectivity index (χ1) is 5.58. The van der Waals surface area contributed by atoms with E-state index in [1.165, 1.54) is 0 Å². The van der Waals surface area contributed by atoms with E-state index in [2.05, 4.69) is 12.2 Å². The van der Waals surface area contributed by atoms with Crippen molar-refractivity contribution in [3.63, 3.8) is 0 Å². The van der Waals surface area contributed by atoms with Crippen molar-refractivity contribution in [2.24, 2.45) is 11.8 Å². The maximum atomic E-state index is 11.8. The van der Waals surface area contributed by atoms with E-state index < -0.39 is 14.6 Å². The molecule has 3 rings (SSSR count). The zero-order valence-electron chi connectivity index (χ0n) is 6.77. The van der Waals surface area contributed by atoms with Crippen molar-refractivity contribution in [3.8, 4) is 0 Å². The Morgan fingerprint density at radius 3 is 2.00 bits per heavy atom. The summed E-state index contributed by atoms with van der Waals surface area (Å²) in [5, 5.41) is -0.336. The number of hydrogen-bond acceptors (Lipinski definition) is 2. The van der Waals surface area contributed by atoms with Crippen LogP contribution < -0.4 is 0 Å². The number of rotatable bonds is 0. The fourth-order valence-corrected chi connectivity index (χ4v) is 4.90. The summed E-state index contributed by atoms with van der Waals surface area (Å²) in [6.45, 7) is 1.87. The summed E-state index contributed by atoms with van der Waals surface area (Å²) in [6, 6.07) is 0. The maximum absolute atomic E-state index is 11.8. The highest BCUT2D eigenvalue weighted by atomic mass is 32.2. The van der Waals surface area contributed by atoms with E-state index >= 15 is 0 Å². The van der Waals surface area contributed by atoms with Crippen LogP contribution in [0.5, 0.6) is 0 Å². The van der Waals surface area contributed by atoms with Crippen molar-refractivity contribution in [1.29, 1.82) is 0 Å². The Hall–Kier alpha value is -0.570. The molecule has 0 aromatic rings. The van der Waals surface area contributed by atoms with Gasteiger partial charge in [0.25, 0.3) is 0 Å². The molecule has 0 N–H and O–H groups in total. The minimum atomic E-state index is -2.90. The van der Waals surface area contributed by atoms with Crippen molar-refractivity contribution >= 4 is 9.84 Å². The SMILES string of the molecule is CC12[C@@H]3C=CC(C=C[C@@H]31)S2(=O)=O. The van der Waals surface area contributed by atoms with E-state index in [0.29, 0.717) is 0 Å². The summed E-state index contributed by atoms with van der Waals surface area (Å²) < 4.78 is 23.2. The molecule has 2 heterocycles. The third-order valence-corrected chi connectivity index (χ3v) is 6.39. The second-order valence-electron chi connectivity index (χ2n) is 4.01. The number of fused-ring (bicyclic) bond motifs is 2. The van der Waals surface area contributed by atoms with Crippen LogP contribution in [0.1, 0.15) is 6.92 Å². The second-order valence-corrected chi connectivity index (χ2v) is 6.53. The zero-order chi connectivity index (χ0) is 8.56. The minimum absolute atomic E-state index is 0.262. The fraction of sp³-hybridized carbons (Fsp3) is 0.556. The van der Waals surface area contributed by atoms with Crippen LogP contribution in [0.2, 0.25) is 0 Å². The standard InChI is InChI=1S/C9H10O2S/c1-9-7-4-2-6(12(9,10)11)3-5-8(7)9/h2-8H,1H3/t6?,7-,8+,9?. The molecule has 64 valence electrons. The van der Waals surface area contributed by atoms with Gasteiger partial charge in [-0.25, -0.2) is 8.42 Å². The molecule has 0 amide bonds. The summed E-state index contributed by atoms with van der Waals surface area (Å²) >= 11 is 0. The van der Waals surface area contributed by atoms with Gasteiger partial charge in [-0.1, -0.05) is 24.3 Å². The first kappa shape index (κ1) is 6.89. The average molecular weight is 182 g/mol. The Bertz CT molecular complexity index is 382. The lowest BCUT2D eigenvalue weighted by molar-refractivity contribution is 0.570. The molecule has 1 saturated carbocycles. The van der Waals surface area contributed by atoms with Gasteiger partial charge in [0.2, 0.25) is 0 Å². The summed E-state index contributed by atoms with van der Waals surface area (Å²) in [7, 11) is -2.90. The van der Waals surface area contributed by atoms with Crippen molar-refractivity contribution < 1.29 is 8.42 Å². The molecule has 3 aliphatic rings. The van der Waals surface area contributed by atoms with Crippen molar-refractivity contribution in [2.45, 2.75) is 16.9 Å². The average Bonchev–Trinajstić information content (AvgIpc) is 2.64. The molecule has 3 heteroatoms. The molecular formula is C9H10O2S. The Kier molecular flexibility index (Phi) is 0.893. The zero-order valence-corrected chi connectivity index (χ0v) is 7.58. The normalized spacial score (nSPS) is 56.9. The lowest BCUT2D eigenvalue weighted by atomic mass is 10.2. The van der Waals surface area contributed by atoms with E-state index in [-0.39, 0.29) is 17.1 Å². The molecule has 4 atom stereocenters. The van der Waals surface area contributed by atoms with Gasteiger partial charge in [0.05, 0.1) is 10.00 Å². The highest BCUT2D eigenvalue weighted by Gasteiger charge is 2.71. The van der Waals surface area contributed by atoms with Gasteiger partial charge in [-0.15, -0.1) is 0 Å². The Morgan fingerprint density at radius 2 is 1.58 bits per heavy atom. The molecule has 0 aromatic carbocycles. The molecule has 2 nitrogen and oxygen atoms in total. The monoisotopic (exact) mass is 182 g/mol. The molecule has 2 aliphatic heterocycles. The highest BCUT2D eigenvalue weighted by molar-refractivity contribution is 7.94. The third-order valence-electron chi connectivity index (χ3n) is 3.59. The van der Waals surface area contributed by atoms with Crippen molar-refractivity contribution in [1.82, 2.24) is 0 Å². The van der Waals surface area contributed by atoms with Gasteiger partial charge >= 0.3 is 0 Å². The quantitative estimate of drug-likeness (QED) is 0.522. The van der Waals surface area contributed by atoms with Crippen LogP contribution >= 0.6 is 0 Å². The molecule has 2 unspecified atom stereocenters. The van der Waals surface area contributed by atoms with Gasteiger partial charge in [0.1, 0.15) is 0 Å². The number of allylic oxidation sites excluding steroid dienone is 2. The predicted molar refractivity (Wildman–Crippen MR) is 46.4 cm³/mol. The highest BCUT2D eigenvalue weighted by Crippen LogP contribution is 2.63. The molecule has 0 spiro atoms. The van der Waals surface area contributed by atoms with Crippen LogP contribution in [0.25, 0.3) is 0 Å². The van der Waals surface area contributed by atoms with Crippen LogP contribution in [-0.4, -0.2) is 18.4 Å². The van der Waals surface area contributed by atoms with Crippen molar-refractivity contribution in [3.05, 3.63) is 24.3 Å². The van der Waals surface area contributed by atoms with Gasteiger partial charge in [-0.2, -0.15) is 0 Å². The van der Waals surface area contributed by atoms with Crippen LogP contribution in [-0.2, 0) is 9.84 Å². The van der Waals surface area contributed by atoms with Gasteiger partial charge in [0.15, 0.2) is 9.84 Å². The molecule has 0 saturated heterocycles. The third kappa shape index (κ3) is 0.454. The van der Waals surface area contributed by atoms with E-state index in [4.69, 9.17) is 0 Å². The summed E-state index contributed by atoms with van der Waals surface area (Å²) in [6.07, 6.45) is 7.78. The topological polar surface area (TPSA) is 34.1 Å². The van der Waals surface area contributed by atoms with E-state index in [9.17, 15) is 8.42 Å². The van der Waals surface area contributed by atoms with E-state index in [1.54, 1.807) is 0 Å². The molecule has 12 heavy (non-hydrogen) atoms. The van der Waals surface area contributed by atoms with E-state index in [0.717, 1.165) is 0 Å². The fourth-order valence-electron chi connectivity index (χ4n) is 2.58. The molecule has 0 aromatic heterocycles. The lowest BCUT2D eigenvalue weighted by Crippen LogP contribution is -2.35. The number of hydrogen-bond donors (Lipinski definition) is 0. The Morgan fingerprint density at radius 1 is 1.08 bits per heavy atom. The Labute approximate surface area is 71.9 Å². The largest absolute Gasteiger partial charge is 0.227 e. The van der Waals surface area contributed by atoms with Gasteiger partial charge in [0, 0.05) is 11.8 Å². The molecular weight excluding hydrogens is 172 g/mol. The summed E-state index contributed by atoms with van der Waals surface area (Å²) in [5.74, 6) is 0.523. The van der Waals surface area contributed by atoms with Crippen LogP contribution in [0, 0.1) is 11.8 Å². The molecule has 1 aliphatic carbocycles. The van der Waals surface area contributed by atoms with Gasteiger partial charge in [-0.3, -0.25) is 0 Å². The summed E-state index contributed by atoms with van der Waals surface area (Å²) in [5.41, 5.74) is 0. The summed E-state index contributed by atoms with van der Waals surface area (Å²) in [4.78, 5) is 0. The predicted octanol–water partition coefficient (Wildman–Crippen LogP) is 0.914. The van der Waals surface area contributed by atoms with Gasteiger partial charge in [-0.05, 0) is 6.92 Å². The second kappa shape index (κ2) is 1.55. The molecule has 1 fully saturated rings. The smallest absolute Gasteiger partial charge is 0.166 e. The lowest BCUT2D eigenvalue weighted by Gasteiger charge is -2.22. The first-order valence-electron chi connectivity index (χ1n) is 4.18. The molecule has 0 radical (unpaired) electrons. The Balaban J connectivity index is 2.37.